The van der Waals surface area contributed by atoms with Crippen LogP contribution in [0.1, 0.15) is 5.01 Å². The molecule has 9 nitrogen and oxygen atoms in total. The standard InChI is InChI=1S/C6H7N7O2S/c7-9-6-11-10-5(16-6)2-12-1-4(8-3-12)13(14)15/h1,3H,2,7H2,(H,9,11). The summed E-state index contributed by atoms with van der Waals surface area (Å²) in [5.41, 5.74) is 2.37. The zero-order valence-corrected chi connectivity index (χ0v) is 8.72. The van der Waals surface area contributed by atoms with Gasteiger partial charge in [-0.1, -0.05) is 11.3 Å². The van der Waals surface area contributed by atoms with Crippen LogP contribution in [0, 0.1) is 10.1 Å². The summed E-state index contributed by atoms with van der Waals surface area (Å²) in [5.74, 6) is 4.96. The molecule has 0 aliphatic heterocycles. The van der Waals surface area contributed by atoms with Crippen molar-refractivity contribution in [2.45, 2.75) is 6.54 Å². The Balaban J connectivity index is 2.11. The summed E-state index contributed by atoms with van der Waals surface area (Å²) in [6, 6.07) is 0. The molecule has 0 aromatic carbocycles. The fourth-order valence-corrected chi connectivity index (χ4v) is 1.72. The van der Waals surface area contributed by atoms with Gasteiger partial charge in [-0.15, -0.1) is 10.2 Å². The van der Waals surface area contributed by atoms with Gasteiger partial charge in [-0.25, -0.2) is 5.84 Å². The molecule has 2 heterocycles. The molecule has 0 aliphatic carbocycles. The molecule has 0 unspecified atom stereocenters. The number of anilines is 1. The molecule has 0 spiro atoms. The molecular weight excluding hydrogens is 234 g/mol. The van der Waals surface area contributed by atoms with Gasteiger partial charge in [0.1, 0.15) is 11.2 Å². The second-order valence-electron chi connectivity index (χ2n) is 2.81. The second kappa shape index (κ2) is 4.20. The molecular formula is C6H7N7O2S. The minimum Gasteiger partial charge on any atom is -0.358 e. The predicted molar refractivity (Wildman–Crippen MR) is 55.7 cm³/mol. The summed E-state index contributed by atoms with van der Waals surface area (Å²) in [7, 11) is 0. The number of imidazole rings is 1. The van der Waals surface area contributed by atoms with Crippen molar-refractivity contribution >= 4 is 22.3 Å². The molecule has 16 heavy (non-hydrogen) atoms. The molecule has 0 radical (unpaired) electrons. The van der Waals surface area contributed by atoms with Crippen LogP contribution in [0.15, 0.2) is 12.5 Å². The molecule has 0 saturated heterocycles. The third-order valence-electron chi connectivity index (χ3n) is 1.71. The number of hydrazine groups is 1. The van der Waals surface area contributed by atoms with Crippen LogP contribution >= 0.6 is 11.3 Å². The lowest BCUT2D eigenvalue weighted by Gasteiger charge is -1.93. The van der Waals surface area contributed by atoms with Gasteiger partial charge in [0.15, 0.2) is 0 Å². The van der Waals surface area contributed by atoms with Crippen LogP contribution in [0.3, 0.4) is 0 Å². The molecule has 0 aliphatic rings. The molecule has 0 amide bonds. The predicted octanol–water partition coefficient (Wildman–Crippen LogP) is -0.0233. The molecule has 3 N–H and O–H groups in total. The zero-order chi connectivity index (χ0) is 11.5. The van der Waals surface area contributed by atoms with Crippen molar-refractivity contribution in [3.8, 4) is 0 Å². The lowest BCUT2D eigenvalue weighted by molar-refractivity contribution is -0.389. The SMILES string of the molecule is NNc1nnc(Cn2cnc([N+](=O)[O-])c2)s1. The van der Waals surface area contributed by atoms with Crippen molar-refractivity contribution < 1.29 is 4.92 Å². The second-order valence-corrected chi connectivity index (χ2v) is 3.87. The molecule has 2 aromatic heterocycles. The van der Waals surface area contributed by atoms with Crippen molar-refractivity contribution in [2.24, 2.45) is 5.84 Å². The highest BCUT2D eigenvalue weighted by molar-refractivity contribution is 7.15. The molecule has 84 valence electrons. The van der Waals surface area contributed by atoms with Crippen molar-refractivity contribution in [3.63, 3.8) is 0 Å². The summed E-state index contributed by atoms with van der Waals surface area (Å²) in [6.45, 7) is 0.375. The lowest BCUT2D eigenvalue weighted by atomic mass is 10.6. The Morgan fingerprint density at radius 3 is 3.00 bits per heavy atom. The molecule has 0 bridgehead atoms. The van der Waals surface area contributed by atoms with Crippen LogP contribution in [0.5, 0.6) is 0 Å². The number of nitrogen functional groups attached to an aromatic ring is 1. The maximum absolute atomic E-state index is 10.4. The maximum Gasteiger partial charge on any atom is 0.381 e. The van der Waals surface area contributed by atoms with E-state index in [1.807, 2.05) is 0 Å². The van der Waals surface area contributed by atoms with E-state index in [2.05, 4.69) is 20.6 Å². The van der Waals surface area contributed by atoms with E-state index in [1.165, 1.54) is 23.9 Å². The number of nitrogens with one attached hydrogen (secondary N) is 1. The Hall–Kier alpha value is -2.07. The zero-order valence-electron chi connectivity index (χ0n) is 7.90. The van der Waals surface area contributed by atoms with Gasteiger partial charge in [0.25, 0.3) is 0 Å². The number of hydrogen-bond acceptors (Lipinski definition) is 8. The van der Waals surface area contributed by atoms with Crippen LogP contribution < -0.4 is 11.3 Å². The maximum atomic E-state index is 10.4. The lowest BCUT2D eigenvalue weighted by Crippen LogP contribution is -2.05. The fourth-order valence-electron chi connectivity index (χ4n) is 1.06. The summed E-state index contributed by atoms with van der Waals surface area (Å²) < 4.78 is 1.55. The van der Waals surface area contributed by atoms with E-state index in [1.54, 1.807) is 4.57 Å². The van der Waals surface area contributed by atoms with E-state index in [0.29, 0.717) is 16.7 Å². The molecule has 0 atom stereocenters. The fraction of sp³-hybridized carbons (Fsp3) is 0.167. The van der Waals surface area contributed by atoms with Crippen LogP contribution in [0.4, 0.5) is 10.9 Å². The Morgan fingerprint density at radius 1 is 1.62 bits per heavy atom. The van der Waals surface area contributed by atoms with E-state index < -0.39 is 4.92 Å². The summed E-state index contributed by atoms with van der Waals surface area (Å²) in [4.78, 5) is 13.5. The van der Waals surface area contributed by atoms with Crippen molar-refractivity contribution in [2.75, 3.05) is 5.43 Å². The highest BCUT2D eigenvalue weighted by atomic mass is 32.1. The number of hydrogen-bond donors (Lipinski definition) is 2. The Bertz CT molecular complexity index is 506. The summed E-state index contributed by atoms with van der Waals surface area (Å²) >= 11 is 1.27. The van der Waals surface area contributed by atoms with E-state index in [0.717, 1.165) is 0 Å². The van der Waals surface area contributed by atoms with Crippen LogP contribution in [-0.4, -0.2) is 24.7 Å². The molecule has 2 aromatic rings. The van der Waals surface area contributed by atoms with Gasteiger partial charge < -0.3 is 14.7 Å². The van der Waals surface area contributed by atoms with Crippen LogP contribution in [0.2, 0.25) is 0 Å². The number of nitro groups is 1. The summed E-state index contributed by atoms with van der Waals surface area (Å²) in [6.07, 6.45) is 2.70. The Kier molecular flexibility index (Phi) is 2.74. The van der Waals surface area contributed by atoms with Gasteiger partial charge in [0.05, 0.1) is 6.54 Å². The first-order valence-corrected chi connectivity index (χ1v) is 4.96. The number of nitrogens with zero attached hydrogens (tertiary/aromatic N) is 5. The highest BCUT2D eigenvalue weighted by Gasteiger charge is 2.11. The molecule has 2 rings (SSSR count). The monoisotopic (exact) mass is 241 g/mol. The normalized spacial score (nSPS) is 10.3. The van der Waals surface area contributed by atoms with Crippen molar-refractivity contribution in [1.82, 2.24) is 19.7 Å². The van der Waals surface area contributed by atoms with Gasteiger partial charge >= 0.3 is 5.82 Å². The number of rotatable bonds is 4. The average molecular weight is 241 g/mol. The largest absolute Gasteiger partial charge is 0.381 e. The Morgan fingerprint density at radius 2 is 2.44 bits per heavy atom. The summed E-state index contributed by atoms with van der Waals surface area (Å²) in [5, 5.41) is 19.1. The van der Waals surface area contributed by atoms with E-state index in [9.17, 15) is 10.1 Å². The minimum atomic E-state index is -0.552. The first-order valence-electron chi connectivity index (χ1n) is 4.14. The smallest absolute Gasteiger partial charge is 0.358 e. The van der Waals surface area contributed by atoms with E-state index >= 15 is 0 Å². The van der Waals surface area contributed by atoms with Crippen LogP contribution in [0.25, 0.3) is 0 Å². The number of nitrogens with two attached hydrogens (primary N) is 1. The number of aromatic nitrogens is 4. The average Bonchev–Trinajstić information content (AvgIpc) is 2.87. The molecule has 0 fully saturated rings. The van der Waals surface area contributed by atoms with Gasteiger partial charge in [-0.2, -0.15) is 0 Å². The molecule has 0 saturated carbocycles. The minimum absolute atomic E-state index is 0.193. The first-order chi connectivity index (χ1) is 7.69. The van der Waals surface area contributed by atoms with Gasteiger partial charge in [0.2, 0.25) is 11.5 Å². The quantitative estimate of drug-likeness (QED) is 0.437. The van der Waals surface area contributed by atoms with Crippen LogP contribution in [-0.2, 0) is 6.54 Å². The van der Waals surface area contributed by atoms with Gasteiger partial charge in [0, 0.05) is 0 Å². The molecule has 10 heteroatoms. The van der Waals surface area contributed by atoms with Gasteiger partial charge in [-0.05, 0) is 9.91 Å². The first kappa shape index (κ1) is 10.4. The highest BCUT2D eigenvalue weighted by Crippen LogP contribution is 2.15. The van der Waals surface area contributed by atoms with Crippen molar-refractivity contribution in [3.05, 3.63) is 27.6 Å². The third kappa shape index (κ3) is 2.12. The van der Waals surface area contributed by atoms with Gasteiger partial charge in [-0.3, -0.25) is 5.43 Å². The van der Waals surface area contributed by atoms with Crippen molar-refractivity contribution in [1.29, 1.82) is 0 Å². The third-order valence-corrected chi connectivity index (χ3v) is 2.55. The Labute approximate surface area is 93.1 Å². The topological polar surface area (TPSA) is 125 Å². The van der Waals surface area contributed by atoms with E-state index in [4.69, 9.17) is 5.84 Å². The van der Waals surface area contributed by atoms with E-state index in [-0.39, 0.29) is 5.82 Å².